The minimum Gasteiger partial charge on any atom is -0.322 e. The van der Waals surface area contributed by atoms with Gasteiger partial charge in [0, 0.05) is 15.7 Å². The fraction of sp³-hybridized carbons (Fsp3) is 0.227. The number of halogens is 1. The van der Waals surface area contributed by atoms with Crippen LogP contribution in [0.1, 0.15) is 16.8 Å². The van der Waals surface area contributed by atoms with Crippen molar-refractivity contribution in [1.82, 2.24) is 0 Å². The van der Waals surface area contributed by atoms with E-state index in [-0.39, 0.29) is 41.4 Å². The number of imide groups is 1. The molecule has 1 saturated heterocycles. The Morgan fingerprint density at radius 3 is 2.04 bits per heavy atom. The minimum absolute atomic E-state index is 0.112. The average Bonchev–Trinajstić information content (AvgIpc) is 3.38. The van der Waals surface area contributed by atoms with Crippen molar-refractivity contribution in [2.24, 2.45) is 23.7 Å². The Morgan fingerprint density at radius 2 is 1.46 bits per heavy atom. The molecule has 2 fully saturated rings. The van der Waals surface area contributed by atoms with Gasteiger partial charge < -0.3 is 5.32 Å². The van der Waals surface area contributed by atoms with Crippen LogP contribution in [0, 0.1) is 23.7 Å². The summed E-state index contributed by atoms with van der Waals surface area (Å²) in [6, 6.07) is 13.9. The summed E-state index contributed by atoms with van der Waals surface area (Å²) in [6.45, 7) is 0. The van der Waals surface area contributed by atoms with Gasteiger partial charge in [-0.25, -0.2) is 0 Å². The lowest BCUT2D eigenvalue weighted by Gasteiger charge is -2.17. The van der Waals surface area contributed by atoms with Crippen molar-refractivity contribution >= 4 is 45.0 Å². The number of benzene rings is 2. The molecule has 2 unspecified atom stereocenters. The van der Waals surface area contributed by atoms with Crippen LogP contribution >= 0.6 is 15.9 Å². The first kappa shape index (κ1) is 17.4. The largest absolute Gasteiger partial charge is 0.322 e. The second-order valence-corrected chi connectivity index (χ2v) is 8.44. The molecule has 1 saturated carbocycles. The molecule has 28 heavy (non-hydrogen) atoms. The maximum absolute atomic E-state index is 12.9. The van der Waals surface area contributed by atoms with Crippen LogP contribution in [-0.4, -0.2) is 17.7 Å². The number of carbonyl (C=O) groups is 3. The lowest BCUT2D eigenvalue weighted by atomic mass is 9.85. The number of hydrogen-bond acceptors (Lipinski definition) is 3. The van der Waals surface area contributed by atoms with E-state index in [1.54, 1.807) is 36.4 Å². The first-order valence-corrected chi connectivity index (χ1v) is 10.1. The Bertz CT molecular complexity index is 983. The number of fused-ring (bicyclic) bond motifs is 5. The van der Waals surface area contributed by atoms with Gasteiger partial charge in [0.1, 0.15) is 0 Å². The fourth-order valence-corrected chi connectivity index (χ4v) is 4.92. The highest BCUT2D eigenvalue weighted by Crippen LogP contribution is 2.53. The molecule has 2 aliphatic carbocycles. The van der Waals surface area contributed by atoms with Crippen LogP contribution in [0.5, 0.6) is 0 Å². The zero-order valence-corrected chi connectivity index (χ0v) is 16.4. The van der Waals surface area contributed by atoms with Gasteiger partial charge in [-0.15, -0.1) is 0 Å². The summed E-state index contributed by atoms with van der Waals surface area (Å²) < 4.78 is 0.934. The zero-order valence-electron chi connectivity index (χ0n) is 14.8. The number of anilines is 2. The van der Waals surface area contributed by atoms with Gasteiger partial charge in [0.15, 0.2) is 0 Å². The van der Waals surface area contributed by atoms with Crippen molar-refractivity contribution in [3.05, 3.63) is 70.7 Å². The van der Waals surface area contributed by atoms with E-state index >= 15 is 0 Å². The highest BCUT2D eigenvalue weighted by Gasteiger charge is 2.59. The summed E-state index contributed by atoms with van der Waals surface area (Å²) in [5.41, 5.74) is 1.69. The van der Waals surface area contributed by atoms with E-state index in [1.807, 2.05) is 12.1 Å². The van der Waals surface area contributed by atoms with Crippen molar-refractivity contribution < 1.29 is 14.4 Å². The van der Waals surface area contributed by atoms with Crippen LogP contribution < -0.4 is 10.2 Å². The van der Waals surface area contributed by atoms with Gasteiger partial charge in [0.05, 0.1) is 17.5 Å². The Hall–Kier alpha value is -2.73. The lowest BCUT2D eigenvalue weighted by molar-refractivity contribution is -0.123. The van der Waals surface area contributed by atoms with E-state index in [4.69, 9.17) is 0 Å². The molecule has 2 bridgehead atoms. The molecule has 3 aliphatic rings. The highest BCUT2D eigenvalue weighted by molar-refractivity contribution is 9.10. The third-order valence-electron chi connectivity index (χ3n) is 5.96. The van der Waals surface area contributed by atoms with E-state index in [0.29, 0.717) is 16.9 Å². The summed E-state index contributed by atoms with van der Waals surface area (Å²) in [4.78, 5) is 39.5. The van der Waals surface area contributed by atoms with Crippen molar-refractivity contribution in [1.29, 1.82) is 0 Å². The first-order chi connectivity index (χ1) is 13.5. The topological polar surface area (TPSA) is 66.5 Å². The predicted molar refractivity (Wildman–Crippen MR) is 109 cm³/mol. The average molecular weight is 437 g/mol. The van der Waals surface area contributed by atoms with Crippen molar-refractivity contribution in [3.8, 4) is 0 Å². The number of allylic oxidation sites excluding steroid dienone is 2. The molecule has 6 heteroatoms. The van der Waals surface area contributed by atoms with Crippen molar-refractivity contribution in [2.75, 3.05) is 10.2 Å². The molecule has 1 N–H and O–H groups in total. The highest BCUT2D eigenvalue weighted by atomic mass is 79.9. The van der Waals surface area contributed by atoms with Crippen LogP contribution in [0.4, 0.5) is 11.4 Å². The van der Waals surface area contributed by atoms with Gasteiger partial charge in [-0.3, -0.25) is 19.3 Å². The lowest BCUT2D eigenvalue weighted by Crippen LogP contribution is -2.32. The van der Waals surface area contributed by atoms with Crippen LogP contribution in [0.15, 0.2) is 65.2 Å². The van der Waals surface area contributed by atoms with E-state index in [9.17, 15) is 14.4 Å². The fourth-order valence-electron chi connectivity index (χ4n) is 4.66. The Morgan fingerprint density at radius 1 is 0.893 bits per heavy atom. The molecule has 0 spiro atoms. The maximum atomic E-state index is 12.9. The Labute approximate surface area is 170 Å². The Balaban J connectivity index is 1.34. The maximum Gasteiger partial charge on any atom is 0.255 e. The number of rotatable bonds is 3. The molecule has 3 amide bonds. The monoisotopic (exact) mass is 436 g/mol. The second kappa shape index (κ2) is 6.41. The summed E-state index contributed by atoms with van der Waals surface area (Å²) in [5, 5.41) is 2.83. The molecule has 2 aromatic rings. The van der Waals surface area contributed by atoms with E-state index < -0.39 is 0 Å². The second-order valence-electron chi connectivity index (χ2n) is 7.52. The number of amides is 3. The van der Waals surface area contributed by atoms with E-state index in [2.05, 4.69) is 33.4 Å². The summed E-state index contributed by atoms with van der Waals surface area (Å²) in [7, 11) is 0. The van der Waals surface area contributed by atoms with E-state index in [0.717, 1.165) is 10.9 Å². The number of carbonyl (C=O) groups excluding carboxylic acids is 3. The molecule has 4 atom stereocenters. The summed E-state index contributed by atoms with van der Waals surface area (Å²) >= 11 is 3.36. The van der Waals surface area contributed by atoms with Gasteiger partial charge in [-0.2, -0.15) is 0 Å². The van der Waals surface area contributed by atoms with Gasteiger partial charge in [0.2, 0.25) is 11.8 Å². The predicted octanol–water partition coefficient (Wildman–Crippen LogP) is 4.01. The quantitative estimate of drug-likeness (QED) is 0.583. The normalized spacial score (nSPS) is 27.4. The summed E-state index contributed by atoms with van der Waals surface area (Å²) in [5.74, 6) is -0.532. The number of hydrogen-bond donors (Lipinski definition) is 1. The van der Waals surface area contributed by atoms with Crippen LogP contribution in [0.25, 0.3) is 0 Å². The first-order valence-electron chi connectivity index (χ1n) is 9.26. The van der Waals surface area contributed by atoms with Gasteiger partial charge in [-0.1, -0.05) is 28.1 Å². The molecule has 2 aromatic carbocycles. The molecule has 140 valence electrons. The SMILES string of the molecule is O=C(Nc1ccc(Br)cc1)c1ccc(N2C(=O)[C@@H]3C4C=CC(C4)[C@@H]3C2=O)cc1. The standard InChI is InChI=1S/C22H17BrN2O3/c23-15-5-7-16(8-6-15)24-20(26)12-3-9-17(10-4-12)25-21(27)18-13-1-2-14(11-13)19(18)22(25)28/h1-10,13-14,18-19H,11H2,(H,24,26)/t13?,14?,18-,19+. The third kappa shape index (κ3) is 2.63. The van der Waals surface area contributed by atoms with Crippen molar-refractivity contribution in [3.63, 3.8) is 0 Å². The van der Waals surface area contributed by atoms with Gasteiger partial charge in [-0.05, 0) is 66.8 Å². The van der Waals surface area contributed by atoms with Crippen LogP contribution in [0.3, 0.4) is 0 Å². The third-order valence-corrected chi connectivity index (χ3v) is 6.49. The molecular weight excluding hydrogens is 420 g/mol. The molecule has 0 radical (unpaired) electrons. The molecule has 0 aromatic heterocycles. The van der Waals surface area contributed by atoms with Gasteiger partial charge in [0.25, 0.3) is 5.91 Å². The van der Waals surface area contributed by atoms with E-state index in [1.165, 1.54) is 4.90 Å². The smallest absolute Gasteiger partial charge is 0.255 e. The number of nitrogens with one attached hydrogen (secondary N) is 1. The van der Waals surface area contributed by atoms with Crippen LogP contribution in [0.2, 0.25) is 0 Å². The molecule has 5 nitrogen and oxygen atoms in total. The number of nitrogens with zero attached hydrogens (tertiary/aromatic N) is 1. The summed E-state index contributed by atoms with van der Waals surface area (Å²) in [6.07, 6.45) is 5.07. The molecule has 5 rings (SSSR count). The van der Waals surface area contributed by atoms with Gasteiger partial charge >= 0.3 is 0 Å². The Kier molecular flexibility index (Phi) is 3.98. The molecular formula is C22H17BrN2O3. The minimum atomic E-state index is -0.243. The molecule has 1 aliphatic heterocycles. The van der Waals surface area contributed by atoms with Crippen LogP contribution in [-0.2, 0) is 9.59 Å². The zero-order chi connectivity index (χ0) is 19.4. The van der Waals surface area contributed by atoms with Crippen molar-refractivity contribution in [2.45, 2.75) is 6.42 Å². The molecule has 1 heterocycles.